The third-order valence-electron chi connectivity index (χ3n) is 2.27. The lowest BCUT2D eigenvalue weighted by atomic mass is 10.2. The molecule has 0 aromatic heterocycles. The van der Waals surface area contributed by atoms with Gasteiger partial charge < -0.3 is 14.8 Å². The van der Waals surface area contributed by atoms with E-state index < -0.39 is 0 Å². The second-order valence-corrected chi connectivity index (χ2v) is 3.93. The highest BCUT2D eigenvalue weighted by Gasteiger charge is 2.16. The summed E-state index contributed by atoms with van der Waals surface area (Å²) in [5.74, 6) is 1.38. The maximum atomic E-state index is 6.11. The van der Waals surface area contributed by atoms with Gasteiger partial charge in [0.2, 0.25) is 0 Å². The summed E-state index contributed by atoms with van der Waals surface area (Å²) in [7, 11) is 0. The van der Waals surface area contributed by atoms with Crippen molar-refractivity contribution in [2.24, 2.45) is 0 Å². The first-order chi connectivity index (χ1) is 7.81. The molecule has 3 nitrogen and oxygen atoms in total. The number of benzene rings is 1. The van der Waals surface area contributed by atoms with Crippen LogP contribution in [0.5, 0.6) is 11.5 Å². The summed E-state index contributed by atoms with van der Waals surface area (Å²) in [6, 6.07) is 3.85. The molecule has 16 heavy (non-hydrogen) atoms. The maximum Gasteiger partial charge on any atom is 0.179 e. The summed E-state index contributed by atoms with van der Waals surface area (Å²) in [6.45, 7) is 6.29. The fourth-order valence-corrected chi connectivity index (χ4v) is 1.87. The Morgan fingerprint density at radius 1 is 1.38 bits per heavy atom. The van der Waals surface area contributed by atoms with Crippen molar-refractivity contribution >= 4 is 11.6 Å². The normalized spacial score (nSPS) is 13.6. The quantitative estimate of drug-likeness (QED) is 0.647. The van der Waals surface area contributed by atoms with Crippen LogP contribution in [0.15, 0.2) is 24.8 Å². The van der Waals surface area contributed by atoms with Crippen molar-refractivity contribution in [2.75, 3.05) is 19.8 Å². The van der Waals surface area contributed by atoms with Crippen molar-refractivity contribution < 1.29 is 9.47 Å². The highest BCUT2D eigenvalue weighted by Crippen LogP contribution is 2.38. The van der Waals surface area contributed by atoms with E-state index in [-0.39, 0.29) is 0 Å². The number of halogens is 1. The van der Waals surface area contributed by atoms with Crippen LogP contribution in [0.25, 0.3) is 0 Å². The van der Waals surface area contributed by atoms with Crippen molar-refractivity contribution in [3.63, 3.8) is 0 Å². The molecule has 0 saturated carbocycles. The smallest absolute Gasteiger partial charge is 0.179 e. The first kappa shape index (κ1) is 11.3. The third kappa shape index (κ3) is 2.49. The van der Waals surface area contributed by atoms with E-state index in [1.807, 2.05) is 18.2 Å². The van der Waals surface area contributed by atoms with Crippen LogP contribution in [0, 0.1) is 0 Å². The average molecular weight is 240 g/mol. The molecule has 0 fully saturated rings. The molecule has 86 valence electrons. The van der Waals surface area contributed by atoms with Gasteiger partial charge in [0.15, 0.2) is 11.5 Å². The molecule has 0 spiro atoms. The summed E-state index contributed by atoms with van der Waals surface area (Å²) in [5, 5.41) is 3.82. The number of nitrogens with one attached hydrogen (secondary N) is 1. The molecule has 1 aliphatic rings. The van der Waals surface area contributed by atoms with Crippen LogP contribution in [-0.2, 0) is 6.54 Å². The van der Waals surface area contributed by atoms with Gasteiger partial charge in [-0.15, -0.1) is 6.58 Å². The Hall–Kier alpha value is -1.19. The molecule has 0 radical (unpaired) electrons. The molecule has 0 unspecified atom stereocenters. The van der Waals surface area contributed by atoms with Crippen LogP contribution in [-0.4, -0.2) is 19.8 Å². The molecule has 1 aromatic carbocycles. The molecule has 0 bridgehead atoms. The van der Waals surface area contributed by atoms with Crippen molar-refractivity contribution in [1.29, 1.82) is 0 Å². The van der Waals surface area contributed by atoms with Gasteiger partial charge in [0, 0.05) is 13.1 Å². The summed E-state index contributed by atoms with van der Waals surface area (Å²) in [4.78, 5) is 0. The lowest BCUT2D eigenvalue weighted by Gasteiger charge is -2.20. The van der Waals surface area contributed by atoms with Gasteiger partial charge in [-0.25, -0.2) is 0 Å². The van der Waals surface area contributed by atoms with E-state index in [0.29, 0.717) is 24.0 Å². The summed E-state index contributed by atoms with van der Waals surface area (Å²) in [5.41, 5.74) is 1.08. The van der Waals surface area contributed by atoms with Gasteiger partial charge in [0.25, 0.3) is 0 Å². The predicted molar refractivity (Wildman–Crippen MR) is 64.3 cm³/mol. The highest BCUT2D eigenvalue weighted by atomic mass is 35.5. The Bertz CT molecular complexity index is 393. The van der Waals surface area contributed by atoms with E-state index in [1.165, 1.54) is 0 Å². The molecular weight excluding hydrogens is 226 g/mol. The predicted octanol–water partition coefficient (Wildman–Crippen LogP) is 2.39. The maximum absolute atomic E-state index is 6.11. The van der Waals surface area contributed by atoms with E-state index in [2.05, 4.69) is 11.9 Å². The lowest BCUT2D eigenvalue weighted by molar-refractivity contribution is 0.171. The van der Waals surface area contributed by atoms with Crippen LogP contribution in [0.4, 0.5) is 0 Å². The lowest BCUT2D eigenvalue weighted by Crippen LogP contribution is -2.17. The van der Waals surface area contributed by atoms with Gasteiger partial charge in [-0.05, 0) is 17.7 Å². The highest BCUT2D eigenvalue weighted by molar-refractivity contribution is 6.32. The largest absolute Gasteiger partial charge is 0.486 e. The van der Waals surface area contributed by atoms with Crippen LogP contribution in [0.3, 0.4) is 0 Å². The van der Waals surface area contributed by atoms with E-state index >= 15 is 0 Å². The van der Waals surface area contributed by atoms with E-state index in [0.717, 1.165) is 24.4 Å². The second kappa shape index (κ2) is 5.23. The van der Waals surface area contributed by atoms with E-state index in [4.69, 9.17) is 21.1 Å². The summed E-state index contributed by atoms with van der Waals surface area (Å²) in [6.07, 6.45) is 1.82. The van der Waals surface area contributed by atoms with E-state index in [9.17, 15) is 0 Å². The van der Waals surface area contributed by atoms with Gasteiger partial charge in [-0.1, -0.05) is 17.7 Å². The summed E-state index contributed by atoms with van der Waals surface area (Å²) < 4.78 is 10.9. The zero-order valence-corrected chi connectivity index (χ0v) is 9.72. The first-order valence-corrected chi connectivity index (χ1v) is 5.58. The number of fused-ring (bicyclic) bond motifs is 1. The first-order valence-electron chi connectivity index (χ1n) is 5.21. The van der Waals surface area contributed by atoms with Crippen LogP contribution >= 0.6 is 11.6 Å². The number of hydrogen-bond donors (Lipinski definition) is 1. The zero-order valence-electron chi connectivity index (χ0n) is 8.96. The molecule has 0 saturated heterocycles. The number of ether oxygens (including phenoxy) is 2. The SMILES string of the molecule is C=CCNCc1cc(Cl)c2c(c1)OCCO2. The van der Waals surface area contributed by atoms with Gasteiger partial charge >= 0.3 is 0 Å². The fraction of sp³-hybridized carbons (Fsp3) is 0.333. The minimum atomic E-state index is 0.556. The van der Waals surface area contributed by atoms with Gasteiger partial charge in [-0.2, -0.15) is 0 Å². The van der Waals surface area contributed by atoms with Crippen molar-refractivity contribution in [2.45, 2.75) is 6.54 Å². The summed E-state index contributed by atoms with van der Waals surface area (Å²) >= 11 is 6.11. The fourth-order valence-electron chi connectivity index (χ4n) is 1.58. The Morgan fingerprint density at radius 2 is 2.19 bits per heavy atom. The Kier molecular flexibility index (Phi) is 3.70. The van der Waals surface area contributed by atoms with Crippen LogP contribution in [0.2, 0.25) is 5.02 Å². The zero-order chi connectivity index (χ0) is 11.4. The van der Waals surface area contributed by atoms with Crippen molar-refractivity contribution in [3.05, 3.63) is 35.4 Å². The number of rotatable bonds is 4. The molecule has 1 heterocycles. The Morgan fingerprint density at radius 3 is 3.00 bits per heavy atom. The molecule has 1 aliphatic heterocycles. The molecular formula is C12H14ClNO2. The third-order valence-corrected chi connectivity index (χ3v) is 2.56. The van der Waals surface area contributed by atoms with Gasteiger partial charge in [0.1, 0.15) is 13.2 Å². The minimum absolute atomic E-state index is 0.556. The Labute approximate surface area is 100 Å². The van der Waals surface area contributed by atoms with Crippen molar-refractivity contribution in [1.82, 2.24) is 5.32 Å². The molecule has 0 atom stereocenters. The second-order valence-electron chi connectivity index (χ2n) is 3.52. The molecule has 4 heteroatoms. The molecule has 0 amide bonds. The Balaban J connectivity index is 2.15. The molecule has 1 aromatic rings. The van der Waals surface area contributed by atoms with Crippen molar-refractivity contribution in [3.8, 4) is 11.5 Å². The monoisotopic (exact) mass is 239 g/mol. The van der Waals surface area contributed by atoms with E-state index in [1.54, 1.807) is 0 Å². The van der Waals surface area contributed by atoms with Gasteiger partial charge in [-0.3, -0.25) is 0 Å². The average Bonchev–Trinajstić information content (AvgIpc) is 2.30. The minimum Gasteiger partial charge on any atom is -0.486 e. The van der Waals surface area contributed by atoms with Crippen LogP contribution < -0.4 is 14.8 Å². The topological polar surface area (TPSA) is 30.5 Å². The molecule has 0 aliphatic carbocycles. The standard InChI is InChI=1S/C12H14ClNO2/c1-2-3-14-8-9-6-10(13)12-11(7-9)15-4-5-16-12/h2,6-7,14H,1,3-5,8H2. The molecule has 1 N–H and O–H groups in total. The number of hydrogen-bond acceptors (Lipinski definition) is 3. The van der Waals surface area contributed by atoms with Gasteiger partial charge in [0.05, 0.1) is 5.02 Å². The van der Waals surface area contributed by atoms with Crippen LogP contribution in [0.1, 0.15) is 5.56 Å². The molecule has 2 rings (SSSR count).